The average Bonchev–Trinajstić information content (AvgIpc) is 2.20. The molecule has 4 nitrogen and oxygen atoms in total. The molecule has 1 aromatic carbocycles. The Morgan fingerprint density at radius 2 is 2.08 bits per heavy atom. The summed E-state index contributed by atoms with van der Waals surface area (Å²) in [5.74, 6) is 4.70. The van der Waals surface area contributed by atoms with Crippen molar-refractivity contribution < 1.29 is 9.22 Å². The second kappa shape index (κ2) is 4.76. The number of carbonyl (C=O) groups excluding carboxylic acids is 1. The summed E-state index contributed by atoms with van der Waals surface area (Å²) in [7, 11) is 0.493. The van der Waals surface area contributed by atoms with Crippen molar-refractivity contribution in [2.45, 2.75) is 6.10 Å². The van der Waals surface area contributed by atoms with Crippen LogP contribution in [-0.4, -0.2) is 16.4 Å². The van der Waals surface area contributed by atoms with Gasteiger partial charge in [-0.3, -0.25) is 10.2 Å². The van der Waals surface area contributed by atoms with Gasteiger partial charge in [0.2, 0.25) is 0 Å². The second-order valence-corrected chi connectivity index (χ2v) is 3.01. The molecule has 0 aromatic heterocycles. The Hall–Kier alpha value is -1.17. The largest absolute Gasteiger partial charge is 0.413 e. The van der Waals surface area contributed by atoms with Gasteiger partial charge in [-0.15, -0.1) is 0 Å². The molecule has 1 atom stereocenters. The van der Waals surface area contributed by atoms with E-state index in [9.17, 15) is 4.79 Å². The minimum absolute atomic E-state index is 0.318. The van der Waals surface area contributed by atoms with Gasteiger partial charge in [-0.1, -0.05) is 30.3 Å². The van der Waals surface area contributed by atoms with Crippen molar-refractivity contribution in [2.75, 3.05) is 0 Å². The molecule has 0 heterocycles. The zero-order chi connectivity index (χ0) is 9.68. The first-order valence-electron chi connectivity index (χ1n) is 3.87. The lowest BCUT2D eigenvalue weighted by atomic mass is 10.1. The van der Waals surface area contributed by atoms with E-state index in [2.05, 4.69) is 5.43 Å². The average molecular weight is 196 g/mol. The van der Waals surface area contributed by atoms with E-state index < -0.39 is 6.10 Å². The first kappa shape index (κ1) is 9.91. The first-order chi connectivity index (χ1) is 6.29. The normalized spacial score (nSPS) is 12.4. The van der Waals surface area contributed by atoms with Crippen LogP contribution in [0.4, 0.5) is 0 Å². The van der Waals surface area contributed by atoms with Crippen molar-refractivity contribution in [3.63, 3.8) is 0 Å². The van der Waals surface area contributed by atoms with Crippen LogP contribution in [0.3, 0.4) is 0 Å². The van der Waals surface area contributed by atoms with Crippen LogP contribution in [0.2, 0.25) is 0 Å². The van der Waals surface area contributed by atoms with Gasteiger partial charge in [0.05, 0.1) is 0 Å². The number of hydrogen-bond acceptors (Lipinski definition) is 3. The van der Waals surface area contributed by atoms with Gasteiger partial charge in [0.1, 0.15) is 10.5 Å². The molecule has 1 unspecified atom stereocenters. The molecule has 1 aromatic rings. The highest BCUT2D eigenvalue weighted by atomic mass is 28.2. The molecule has 0 saturated heterocycles. The lowest BCUT2D eigenvalue weighted by Crippen LogP contribution is -2.35. The molecule has 0 aliphatic carbocycles. The number of nitrogens with one attached hydrogen (secondary N) is 1. The molecule has 0 aliphatic rings. The standard InChI is InChI=1S/C8H12N2O2Si/c9-10-8(11)7(12-13)6-4-2-1-3-5-6/h1-5,7H,9H2,13H3,(H,10,11). The Balaban J connectivity index is 2.85. The molecule has 0 aliphatic heterocycles. The van der Waals surface area contributed by atoms with Gasteiger partial charge in [0.15, 0.2) is 6.10 Å². The molecule has 1 rings (SSSR count). The van der Waals surface area contributed by atoms with Crippen molar-refractivity contribution in [2.24, 2.45) is 5.84 Å². The van der Waals surface area contributed by atoms with Crippen LogP contribution < -0.4 is 11.3 Å². The Bertz CT molecular complexity index is 279. The van der Waals surface area contributed by atoms with Crippen LogP contribution in [0.1, 0.15) is 11.7 Å². The maximum Gasteiger partial charge on any atom is 0.266 e. The number of nitrogens with two attached hydrogens (primary N) is 1. The van der Waals surface area contributed by atoms with E-state index in [-0.39, 0.29) is 5.91 Å². The predicted octanol–water partition coefficient (Wildman–Crippen LogP) is -0.985. The molecular formula is C8H12N2O2Si. The molecule has 5 heteroatoms. The van der Waals surface area contributed by atoms with Crippen LogP contribution in [0.25, 0.3) is 0 Å². The first-order valence-corrected chi connectivity index (χ1v) is 4.69. The lowest BCUT2D eigenvalue weighted by Gasteiger charge is -2.13. The van der Waals surface area contributed by atoms with Crippen LogP contribution in [0.5, 0.6) is 0 Å². The fourth-order valence-electron chi connectivity index (χ4n) is 1.10. The zero-order valence-corrected chi connectivity index (χ0v) is 9.36. The molecule has 0 bridgehead atoms. The Morgan fingerprint density at radius 3 is 2.54 bits per heavy atom. The summed E-state index contributed by atoms with van der Waals surface area (Å²) in [5.41, 5.74) is 2.89. The number of amides is 1. The smallest absolute Gasteiger partial charge is 0.266 e. The third kappa shape index (κ3) is 2.38. The van der Waals surface area contributed by atoms with E-state index in [0.717, 1.165) is 5.56 Å². The van der Waals surface area contributed by atoms with Crippen molar-refractivity contribution in [1.29, 1.82) is 0 Å². The van der Waals surface area contributed by atoms with Crippen LogP contribution in [0.15, 0.2) is 30.3 Å². The SMILES string of the molecule is NNC(=O)C(O[SiH3])c1ccccc1. The molecule has 0 fully saturated rings. The molecule has 1 amide bonds. The fourth-order valence-corrected chi connectivity index (χ4v) is 1.58. The number of hydrazine groups is 1. The summed E-state index contributed by atoms with van der Waals surface area (Å²) in [4.78, 5) is 11.2. The maximum atomic E-state index is 11.2. The van der Waals surface area contributed by atoms with Gasteiger partial charge < -0.3 is 4.43 Å². The monoisotopic (exact) mass is 196 g/mol. The van der Waals surface area contributed by atoms with Crippen molar-refractivity contribution in [3.8, 4) is 0 Å². The van der Waals surface area contributed by atoms with Crippen LogP contribution in [-0.2, 0) is 9.22 Å². The molecule has 0 saturated carbocycles. The third-order valence-electron chi connectivity index (χ3n) is 1.72. The number of rotatable bonds is 3. The molecular weight excluding hydrogens is 184 g/mol. The van der Waals surface area contributed by atoms with E-state index in [1.165, 1.54) is 0 Å². The summed E-state index contributed by atoms with van der Waals surface area (Å²) in [6.45, 7) is 0. The highest BCUT2D eigenvalue weighted by molar-refractivity contribution is 6.00. The van der Waals surface area contributed by atoms with Crippen molar-refractivity contribution in [3.05, 3.63) is 35.9 Å². The highest BCUT2D eigenvalue weighted by Gasteiger charge is 2.17. The van der Waals surface area contributed by atoms with Gasteiger partial charge in [-0.25, -0.2) is 5.84 Å². The highest BCUT2D eigenvalue weighted by Crippen LogP contribution is 2.14. The van der Waals surface area contributed by atoms with Crippen LogP contribution >= 0.6 is 0 Å². The molecule has 0 radical (unpaired) electrons. The van der Waals surface area contributed by atoms with Crippen molar-refractivity contribution in [1.82, 2.24) is 5.43 Å². The van der Waals surface area contributed by atoms with Crippen LogP contribution in [0, 0.1) is 0 Å². The summed E-state index contributed by atoms with van der Waals surface area (Å²) in [5, 5.41) is 0. The predicted molar refractivity (Wildman–Crippen MR) is 52.5 cm³/mol. The topological polar surface area (TPSA) is 64.3 Å². The zero-order valence-electron chi connectivity index (χ0n) is 7.36. The van der Waals surface area contributed by atoms with Gasteiger partial charge in [0, 0.05) is 0 Å². The maximum absolute atomic E-state index is 11.2. The van der Waals surface area contributed by atoms with E-state index in [4.69, 9.17) is 10.3 Å². The molecule has 0 spiro atoms. The van der Waals surface area contributed by atoms with E-state index in [0.29, 0.717) is 10.5 Å². The fraction of sp³-hybridized carbons (Fsp3) is 0.125. The van der Waals surface area contributed by atoms with E-state index >= 15 is 0 Å². The quantitative estimate of drug-likeness (QED) is 0.282. The number of benzene rings is 1. The summed E-state index contributed by atoms with van der Waals surface area (Å²) in [6.07, 6.45) is -0.571. The lowest BCUT2D eigenvalue weighted by molar-refractivity contribution is -0.128. The van der Waals surface area contributed by atoms with Crippen molar-refractivity contribution >= 4 is 16.4 Å². The Morgan fingerprint density at radius 1 is 1.46 bits per heavy atom. The molecule has 3 N–H and O–H groups in total. The molecule has 13 heavy (non-hydrogen) atoms. The number of carbonyl (C=O) groups is 1. The summed E-state index contributed by atoms with van der Waals surface area (Å²) < 4.78 is 5.14. The van der Waals surface area contributed by atoms with Gasteiger partial charge in [-0.2, -0.15) is 0 Å². The summed E-state index contributed by atoms with van der Waals surface area (Å²) >= 11 is 0. The second-order valence-electron chi connectivity index (χ2n) is 2.54. The van der Waals surface area contributed by atoms with Gasteiger partial charge in [-0.05, 0) is 5.56 Å². The van der Waals surface area contributed by atoms with E-state index in [1.54, 1.807) is 0 Å². The Labute approximate surface area is 79.6 Å². The third-order valence-corrected chi connectivity index (χ3v) is 2.19. The number of hydrogen-bond donors (Lipinski definition) is 2. The molecule has 70 valence electrons. The Kier molecular flexibility index (Phi) is 3.63. The summed E-state index contributed by atoms with van der Waals surface area (Å²) in [6, 6.07) is 9.25. The van der Waals surface area contributed by atoms with Gasteiger partial charge in [0.25, 0.3) is 5.91 Å². The van der Waals surface area contributed by atoms with E-state index in [1.807, 2.05) is 30.3 Å². The minimum atomic E-state index is -0.571. The minimum Gasteiger partial charge on any atom is -0.413 e. The van der Waals surface area contributed by atoms with Gasteiger partial charge >= 0.3 is 0 Å².